The fourth-order valence-corrected chi connectivity index (χ4v) is 4.21. The average molecular weight is 416 g/mol. The van der Waals surface area contributed by atoms with Gasteiger partial charge < -0.3 is 25.2 Å². The Bertz CT molecular complexity index is 1150. The van der Waals surface area contributed by atoms with E-state index in [1.807, 2.05) is 0 Å². The molecule has 0 aromatic heterocycles. The van der Waals surface area contributed by atoms with Crippen molar-refractivity contribution in [2.45, 2.75) is 31.2 Å². The van der Waals surface area contributed by atoms with Gasteiger partial charge in [0.05, 0.1) is 23.8 Å². The summed E-state index contributed by atoms with van der Waals surface area (Å²) >= 11 is 0. The van der Waals surface area contributed by atoms with E-state index in [4.69, 9.17) is 4.74 Å². The van der Waals surface area contributed by atoms with E-state index in [1.165, 1.54) is 25.3 Å². The summed E-state index contributed by atoms with van der Waals surface area (Å²) in [5.41, 5.74) is -4.98. The van der Waals surface area contributed by atoms with Gasteiger partial charge in [0.2, 0.25) is 5.78 Å². The summed E-state index contributed by atoms with van der Waals surface area (Å²) in [6, 6.07) is 4.24. The maximum Gasteiger partial charge on any atom is 0.202 e. The van der Waals surface area contributed by atoms with Crippen molar-refractivity contribution in [2.75, 3.05) is 7.11 Å². The maximum atomic E-state index is 14.7. The zero-order valence-corrected chi connectivity index (χ0v) is 15.9. The largest absolute Gasteiger partial charge is 0.507 e. The minimum atomic E-state index is -2.67. The molecule has 0 saturated heterocycles. The van der Waals surface area contributed by atoms with E-state index in [0.29, 0.717) is 0 Å². The molecule has 0 bridgehead atoms. The number of hydrogen-bond acceptors (Lipinski definition) is 8. The van der Waals surface area contributed by atoms with Crippen LogP contribution in [0.1, 0.15) is 56.0 Å². The lowest BCUT2D eigenvalue weighted by Crippen LogP contribution is -2.53. The van der Waals surface area contributed by atoms with Crippen LogP contribution in [0.2, 0.25) is 0 Å². The fraction of sp³-hybridized carbons (Fsp3) is 0.286. The van der Waals surface area contributed by atoms with Gasteiger partial charge in [0.15, 0.2) is 23.3 Å². The number of Topliss-reactive ketones (excluding diaryl/α,β-unsaturated/α-hetero) is 1. The zero-order chi connectivity index (χ0) is 22.1. The van der Waals surface area contributed by atoms with Crippen LogP contribution in [0.15, 0.2) is 18.2 Å². The van der Waals surface area contributed by atoms with Gasteiger partial charge in [0, 0.05) is 23.1 Å². The van der Waals surface area contributed by atoms with Gasteiger partial charge in [0.1, 0.15) is 23.4 Å². The molecule has 8 nitrogen and oxygen atoms in total. The van der Waals surface area contributed by atoms with E-state index in [1.54, 1.807) is 0 Å². The number of aliphatic hydroxyl groups is 2. The number of aliphatic hydroxyl groups excluding tert-OH is 1. The summed E-state index contributed by atoms with van der Waals surface area (Å²) in [5.74, 6) is -4.32. The van der Waals surface area contributed by atoms with Gasteiger partial charge in [-0.25, -0.2) is 4.39 Å². The number of phenolic OH excluding ortho intramolecular Hbond substituents is 2. The van der Waals surface area contributed by atoms with Gasteiger partial charge >= 0.3 is 0 Å². The molecular formula is C21H17FO8. The molecule has 0 spiro atoms. The van der Waals surface area contributed by atoms with Crippen molar-refractivity contribution in [3.05, 3.63) is 51.6 Å². The van der Waals surface area contributed by atoms with Crippen molar-refractivity contribution in [3.63, 3.8) is 0 Å². The number of carbonyl (C=O) groups is 3. The molecule has 0 fully saturated rings. The van der Waals surface area contributed by atoms with Gasteiger partial charge in [-0.2, -0.15) is 0 Å². The monoisotopic (exact) mass is 416 g/mol. The SMILES string of the molecule is COc1cccc2c1C(=O)c1c(O)c3c(c(O)c1C2=O)C[C@@](O)(C(C)=O)[C@@H](F)[C@@H]3O. The number of carbonyl (C=O) groups excluding carboxylic acids is 3. The minimum absolute atomic E-state index is 0.0583. The summed E-state index contributed by atoms with van der Waals surface area (Å²) in [5, 5.41) is 42.4. The third kappa shape index (κ3) is 2.30. The third-order valence-electron chi connectivity index (χ3n) is 5.85. The molecule has 9 heteroatoms. The Balaban J connectivity index is 2.06. The van der Waals surface area contributed by atoms with Gasteiger partial charge in [-0.1, -0.05) is 12.1 Å². The Labute approximate surface area is 169 Å². The molecule has 0 radical (unpaired) electrons. The molecule has 0 saturated carbocycles. The predicted molar refractivity (Wildman–Crippen MR) is 98.8 cm³/mol. The Hall–Kier alpha value is -3.30. The van der Waals surface area contributed by atoms with Crippen LogP contribution >= 0.6 is 0 Å². The van der Waals surface area contributed by atoms with Crippen LogP contribution in [0.5, 0.6) is 17.2 Å². The highest BCUT2D eigenvalue weighted by atomic mass is 19.1. The number of alkyl halides is 1. The molecule has 2 aromatic carbocycles. The van der Waals surface area contributed by atoms with Crippen LogP contribution in [-0.4, -0.2) is 56.7 Å². The van der Waals surface area contributed by atoms with E-state index in [0.717, 1.165) is 6.92 Å². The van der Waals surface area contributed by atoms with Gasteiger partial charge in [-0.15, -0.1) is 0 Å². The molecule has 0 amide bonds. The van der Waals surface area contributed by atoms with Crippen molar-refractivity contribution in [1.29, 1.82) is 0 Å². The second-order valence-electron chi connectivity index (χ2n) is 7.38. The van der Waals surface area contributed by atoms with E-state index >= 15 is 0 Å². The first-order valence-electron chi connectivity index (χ1n) is 8.98. The quantitative estimate of drug-likeness (QED) is 0.456. The van der Waals surface area contributed by atoms with Crippen molar-refractivity contribution in [3.8, 4) is 17.2 Å². The summed E-state index contributed by atoms with van der Waals surface area (Å²) in [6.45, 7) is 0.913. The van der Waals surface area contributed by atoms with Crippen molar-refractivity contribution < 1.29 is 43.9 Å². The second-order valence-corrected chi connectivity index (χ2v) is 7.38. The molecule has 0 aliphatic heterocycles. The van der Waals surface area contributed by atoms with Crippen LogP contribution in [-0.2, 0) is 11.2 Å². The van der Waals surface area contributed by atoms with Crippen LogP contribution in [0.4, 0.5) is 4.39 Å². The van der Waals surface area contributed by atoms with E-state index < -0.39 is 69.8 Å². The molecule has 2 aliphatic carbocycles. The second kappa shape index (κ2) is 6.35. The number of aromatic hydroxyl groups is 2. The minimum Gasteiger partial charge on any atom is -0.507 e. The molecule has 2 aromatic rings. The Kier molecular flexibility index (Phi) is 4.23. The van der Waals surface area contributed by atoms with Crippen LogP contribution in [0, 0.1) is 0 Å². The molecular weight excluding hydrogens is 399 g/mol. The molecule has 2 aliphatic rings. The highest BCUT2D eigenvalue weighted by Crippen LogP contribution is 2.51. The first-order chi connectivity index (χ1) is 14.1. The number of benzene rings is 2. The number of rotatable bonds is 2. The molecule has 0 heterocycles. The summed E-state index contributed by atoms with van der Waals surface area (Å²) in [4.78, 5) is 38.1. The number of ketones is 3. The number of ether oxygens (including phenoxy) is 1. The van der Waals surface area contributed by atoms with Crippen molar-refractivity contribution >= 4 is 17.3 Å². The third-order valence-corrected chi connectivity index (χ3v) is 5.85. The Morgan fingerprint density at radius 2 is 1.77 bits per heavy atom. The van der Waals surface area contributed by atoms with Crippen molar-refractivity contribution in [2.24, 2.45) is 0 Å². The van der Waals surface area contributed by atoms with Crippen LogP contribution < -0.4 is 4.74 Å². The number of methoxy groups -OCH3 is 1. The maximum absolute atomic E-state index is 14.7. The van der Waals surface area contributed by atoms with E-state index in [2.05, 4.69) is 0 Å². The lowest BCUT2D eigenvalue weighted by atomic mass is 9.71. The standard InChI is InChI=1S/C21H17FO8/c1-7(23)21(29)6-9-12(19(28)20(21)22)18(27)14-13(16(9)25)15(24)8-4-3-5-10(30-2)11(8)17(14)26/h3-5,19-20,25,27-29H,6H2,1-2H3/t19-,20+,21-/m1/s1. The van der Waals surface area contributed by atoms with E-state index in [9.17, 15) is 39.2 Å². The first kappa shape index (κ1) is 20.0. The highest BCUT2D eigenvalue weighted by molar-refractivity contribution is 6.31. The lowest BCUT2D eigenvalue weighted by molar-refractivity contribution is -0.152. The number of phenols is 2. The van der Waals surface area contributed by atoms with Crippen molar-refractivity contribution in [1.82, 2.24) is 0 Å². The van der Waals surface area contributed by atoms with Gasteiger partial charge in [-0.3, -0.25) is 14.4 Å². The highest BCUT2D eigenvalue weighted by Gasteiger charge is 2.54. The van der Waals surface area contributed by atoms with Crippen LogP contribution in [0.3, 0.4) is 0 Å². The number of fused-ring (bicyclic) bond motifs is 3. The number of halogens is 1. The molecule has 4 rings (SSSR count). The molecule has 30 heavy (non-hydrogen) atoms. The molecule has 0 unspecified atom stereocenters. The Morgan fingerprint density at radius 3 is 2.37 bits per heavy atom. The first-order valence-corrected chi connectivity index (χ1v) is 8.98. The summed E-state index contributed by atoms with van der Waals surface area (Å²) in [7, 11) is 1.28. The lowest BCUT2D eigenvalue weighted by Gasteiger charge is -2.39. The fourth-order valence-electron chi connectivity index (χ4n) is 4.21. The molecule has 3 atom stereocenters. The van der Waals surface area contributed by atoms with E-state index in [-0.39, 0.29) is 22.4 Å². The Morgan fingerprint density at radius 1 is 1.13 bits per heavy atom. The molecule has 156 valence electrons. The van der Waals surface area contributed by atoms with Gasteiger partial charge in [-0.05, 0) is 13.0 Å². The smallest absolute Gasteiger partial charge is 0.202 e. The number of hydrogen-bond donors (Lipinski definition) is 4. The average Bonchev–Trinajstić information content (AvgIpc) is 2.71. The topological polar surface area (TPSA) is 141 Å². The van der Waals surface area contributed by atoms with Gasteiger partial charge in [0.25, 0.3) is 0 Å². The summed E-state index contributed by atoms with van der Waals surface area (Å²) in [6.07, 6.45) is -5.54. The van der Waals surface area contributed by atoms with Crippen LogP contribution in [0.25, 0.3) is 0 Å². The molecule has 4 N–H and O–H groups in total. The summed E-state index contributed by atoms with van der Waals surface area (Å²) < 4.78 is 19.9. The normalized spacial score (nSPS) is 24.7. The predicted octanol–water partition coefficient (Wildman–Crippen LogP) is 1.13. The zero-order valence-electron chi connectivity index (χ0n) is 15.9.